The molecule has 0 aliphatic carbocycles. The molecule has 0 amide bonds. The normalized spacial score (nSPS) is 17.8. The molecule has 0 aromatic carbocycles. The minimum atomic E-state index is 0.820. The van der Waals surface area contributed by atoms with Crippen molar-refractivity contribution >= 4 is 0 Å². The molecule has 1 aliphatic heterocycles. The Labute approximate surface area is 87.6 Å². The zero-order chi connectivity index (χ0) is 10.4. The Morgan fingerprint density at radius 1 is 1.29 bits per heavy atom. The third-order valence-electron chi connectivity index (χ3n) is 2.99. The molecule has 1 N–H and O–H groups in total. The highest BCUT2D eigenvalue weighted by Crippen LogP contribution is 2.24. The van der Waals surface area contributed by atoms with Crippen LogP contribution in [0.15, 0.2) is 11.3 Å². The molecular weight excluding hydrogens is 174 g/mol. The summed E-state index contributed by atoms with van der Waals surface area (Å²) in [5.74, 6) is 0. The first-order chi connectivity index (χ1) is 6.75. The number of unbranched alkanes of at least 4 members (excludes halogenated alkanes) is 3. The lowest BCUT2D eigenvalue weighted by molar-refractivity contribution is -0.0657. The smallest absolute Gasteiger partial charge is 0.0452 e. The Morgan fingerprint density at radius 3 is 2.71 bits per heavy atom. The van der Waals surface area contributed by atoms with Gasteiger partial charge in [-0.2, -0.15) is 0 Å². The first kappa shape index (κ1) is 11.6. The van der Waals surface area contributed by atoms with Crippen LogP contribution in [0.1, 0.15) is 58.8 Å². The van der Waals surface area contributed by atoms with Crippen molar-refractivity contribution in [3.05, 3.63) is 11.3 Å². The SMILES string of the molecule is CCCCCCC1=C(C)CCCN1O. The molecule has 14 heavy (non-hydrogen) atoms. The van der Waals surface area contributed by atoms with Gasteiger partial charge in [-0.3, -0.25) is 10.3 Å². The van der Waals surface area contributed by atoms with E-state index in [1.165, 1.54) is 48.4 Å². The van der Waals surface area contributed by atoms with Crippen LogP contribution in [0.25, 0.3) is 0 Å². The molecule has 0 aromatic heterocycles. The quantitative estimate of drug-likeness (QED) is 0.679. The zero-order valence-electron chi connectivity index (χ0n) is 9.55. The Balaban J connectivity index is 2.33. The highest BCUT2D eigenvalue weighted by molar-refractivity contribution is 5.12. The molecule has 2 heteroatoms. The number of allylic oxidation sites excluding steroid dienone is 2. The molecule has 0 spiro atoms. The van der Waals surface area contributed by atoms with Crippen LogP contribution in [-0.2, 0) is 0 Å². The molecule has 82 valence electrons. The van der Waals surface area contributed by atoms with Crippen LogP contribution < -0.4 is 0 Å². The van der Waals surface area contributed by atoms with Crippen molar-refractivity contribution in [3.63, 3.8) is 0 Å². The molecule has 0 bridgehead atoms. The summed E-state index contributed by atoms with van der Waals surface area (Å²) in [4.78, 5) is 0. The molecular formula is C12H23NO. The van der Waals surface area contributed by atoms with Crippen molar-refractivity contribution in [2.24, 2.45) is 0 Å². The molecule has 1 rings (SSSR count). The van der Waals surface area contributed by atoms with Crippen LogP contribution in [0.4, 0.5) is 0 Å². The van der Waals surface area contributed by atoms with Gasteiger partial charge in [0.25, 0.3) is 0 Å². The third-order valence-corrected chi connectivity index (χ3v) is 2.99. The molecule has 0 radical (unpaired) electrons. The molecule has 1 aliphatic rings. The number of hydrogen-bond acceptors (Lipinski definition) is 2. The molecule has 0 fully saturated rings. The molecule has 1 heterocycles. The highest BCUT2D eigenvalue weighted by Gasteiger charge is 2.14. The fourth-order valence-corrected chi connectivity index (χ4v) is 2.06. The van der Waals surface area contributed by atoms with Crippen LogP contribution in [0.3, 0.4) is 0 Å². The van der Waals surface area contributed by atoms with E-state index in [2.05, 4.69) is 13.8 Å². The maximum atomic E-state index is 9.67. The average molecular weight is 197 g/mol. The van der Waals surface area contributed by atoms with Gasteiger partial charge in [-0.15, -0.1) is 0 Å². The Hall–Kier alpha value is -0.500. The lowest BCUT2D eigenvalue weighted by Crippen LogP contribution is -2.24. The maximum absolute atomic E-state index is 9.67. The van der Waals surface area contributed by atoms with Gasteiger partial charge in [0.1, 0.15) is 0 Å². The summed E-state index contributed by atoms with van der Waals surface area (Å²) < 4.78 is 0. The van der Waals surface area contributed by atoms with Crippen molar-refractivity contribution in [1.29, 1.82) is 0 Å². The number of hydroxylamine groups is 2. The van der Waals surface area contributed by atoms with Crippen molar-refractivity contribution in [2.45, 2.75) is 58.8 Å². The van der Waals surface area contributed by atoms with Gasteiger partial charge in [0, 0.05) is 12.2 Å². The average Bonchev–Trinajstić information content (AvgIpc) is 2.16. The molecule has 0 unspecified atom stereocenters. The predicted molar refractivity (Wildman–Crippen MR) is 59.2 cm³/mol. The minimum absolute atomic E-state index is 0.820. The van der Waals surface area contributed by atoms with Crippen molar-refractivity contribution in [2.75, 3.05) is 6.54 Å². The fraction of sp³-hybridized carbons (Fsp3) is 0.833. The van der Waals surface area contributed by atoms with E-state index in [-0.39, 0.29) is 0 Å². The van der Waals surface area contributed by atoms with E-state index in [9.17, 15) is 5.21 Å². The van der Waals surface area contributed by atoms with Crippen LogP contribution in [0.5, 0.6) is 0 Å². The van der Waals surface area contributed by atoms with E-state index >= 15 is 0 Å². The van der Waals surface area contributed by atoms with Gasteiger partial charge in [-0.25, -0.2) is 0 Å². The molecule has 0 aromatic rings. The zero-order valence-corrected chi connectivity index (χ0v) is 9.55. The van der Waals surface area contributed by atoms with Crippen LogP contribution in [-0.4, -0.2) is 16.8 Å². The Kier molecular flexibility index (Phi) is 5.02. The number of hydrogen-bond donors (Lipinski definition) is 1. The van der Waals surface area contributed by atoms with E-state index in [4.69, 9.17) is 0 Å². The molecule has 0 saturated heterocycles. The van der Waals surface area contributed by atoms with Gasteiger partial charge >= 0.3 is 0 Å². The first-order valence-corrected chi connectivity index (χ1v) is 5.90. The summed E-state index contributed by atoms with van der Waals surface area (Å²) in [5, 5.41) is 11.1. The first-order valence-electron chi connectivity index (χ1n) is 5.90. The summed E-state index contributed by atoms with van der Waals surface area (Å²) in [7, 11) is 0. The van der Waals surface area contributed by atoms with Crippen molar-refractivity contribution < 1.29 is 5.21 Å². The number of rotatable bonds is 5. The standard InChI is InChI=1S/C12H23NO/c1-3-4-5-6-9-12-11(2)8-7-10-13(12)14/h14H,3-10H2,1-2H3. The third kappa shape index (κ3) is 3.33. The second kappa shape index (κ2) is 6.07. The van der Waals surface area contributed by atoms with Crippen molar-refractivity contribution in [1.82, 2.24) is 5.06 Å². The summed E-state index contributed by atoms with van der Waals surface area (Å²) >= 11 is 0. The second-order valence-electron chi connectivity index (χ2n) is 4.26. The van der Waals surface area contributed by atoms with Gasteiger partial charge in [0.15, 0.2) is 0 Å². The fourth-order valence-electron chi connectivity index (χ4n) is 2.06. The van der Waals surface area contributed by atoms with Crippen LogP contribution in [0, 0.1) is 0 Å². The maximum Gasteiger partial charge on any atom is 0.0452 e. The second-order valence-corrected chi connectivity index (χ2v) is 4.26. The lowest BCUT2D eigenvalue weighted by Gasteiger charge is -2.27. The van der Waals surface area contributed by atoms with Crippen LogP contribution >= 0.6 is 0 Å². The Bertz CT molecular complexity index is 198. The monoisotopic (exact) mass is 197 g/mol. The molecule has 2 nitrogen and oxygen atoms in total. The minimum Gasteiger partial charge on any atom is -0.289 e. The summed E-state index contributed by atoms with van der Waals surface area (Å²) in [5.41, 5.74) is 2.57. The largest absolute Gasteiger partial charge is 0.289 e. The van der Waals surface area contributed by atoms with Crippen molar-refractivity contribution in [3.8, 4) is 0 Å². The van der Waals surface area contributed by atoms with Gasteiger partial charge in [0.2, 0.25) is 0 Å². The highest BCUT2D eigenvalue weighted by atomic mass is 16.5. The lowest BCUT2D eigenvalue weighted by atomic mass is 10.0. The topological polar surface area (TPSA) is 23.5 Å². The van der Waals surface area contributed by atoms with Gasteiger partial charge in [-0.1, -0.05) is 31.8 Å². The van der Waals surface area contributed by atoms with E-state index in [0.29, 0.717) is 0 Å². The Morgan fingerprint density at radius 2 is 2.07 bits per heavy atom. The van der Waals surface area contributed by atoms with Gasteiger partial charge in [-0.05, 0) is 32.6 Å². The van der Waals surface area contributed by atoms with E-state index in [1.807, 2.05) is 0 Å². The number of nitrogens with zero attached hydrogens (tertiary/aromatic N) is 1. The van der Waals surface area contributed by atoms with E-state index < -0.39 is 0 Å². The van der Waals surface area contributed by atoms with E-state index in [1.54, 1.807) is 0 Å². The molecule has 0 atom stereocenters. The van der Waals surface area contributed by atoms with Gasteiger partial charge in [0.05, 0.1) is 0 Å². The van der Waals surface area contributed by atoms with E-state index in [0.717, 1.165) is 19.4 Å². The summed E-state index contributed by atoms with van der Waals surface area (Å²) in [6.45, 7) is 5.20. The van der Waals surface area contributed by atoms with Gasteiger partial charge < -0.3 is 0 Å². The predicted octanol–water partition coefficient (Wildman–Crippen LogP) is 3.72. The molecule has 0 saturated carbocycles. The van der Waals surface area contributed by atoms with Crippen LogP contribution in [0.2, 0.25) is 0 Å². The summed E-state index contributed by atoms with van der Waals surface area (Å²) in [6, 6.07) is 0. The summed E-state index contributed by atoms with van der Waals surface area (Å²) in [6.07, 6.45) is 8.43.